The molecule has 1 aromatic heterocycles. The highest BCUT2D eigenvalue weighted by molar-refractivity contribution is 7.89. The van der Waals surface area contributed by atoms with Gasteiger partial charge in [0, 0.05) is 23.0 Å². The van der Waals surface area contributed by atoms with Gasteiger partial charge in [0.2, 0.25) is 10.0 Å². The fourth-order valence-corrected chi connectivity index (χ4v) is 6.14. The number of rotatable bonds is 4. The number of carbonyl (C=O) groups is 1. The molecule has 1 fully saturated rings. The summed E-state index contributed by atoms with van der Waals surface area (Å²) < 4.78 is 27.6. The Morgan fingerprint density at radius 1 is 1.32 bits per heavy atom. The Morgan fingerprint density at radius 3 is 2.75 bits per heavy atom. The third-order valence-electron chi connectivity index (χ3n) is 5.17. The maximum absolute atomic E-state index is 13.0. The number of amides is 1. The van der Waals surface area contributed by atoms with Gasteiger partial charge in [0.15, 0.2) is 0 Å². The van der Waals surface area contributed by atoms with Crippen LogP contribution < -0.4 is 5.32 Å². The van der Waals surface area contributed by atoms with Crippen LogP contribution in [0.25, 0.3) is 0 Å². The molecule has 1 saturated heterocycles. The van der Waals surface area contributed by atoms with E-state index in [-0.39, 0.29) is 16.5 Å². The zero-order valence-corrected chi connectivity index (χ0v) is 17.8. The SMILES string of the molecule is Cc1sc(NC(=O)c2cccc(S(=O)(=O)N3CCCCC3C)c2)c(C#N)c1C. The van der Waals surface area contributed by atoms with E-state index in [2.05, 4.69) is 11.4 Å². The molecule has 1 amide bonds. The van der Waals surface area contributed by atoms with E-state index in [9.17, 15) is 18.5 Å². The molecule has 2 heterocycles. The fraction of sp³-hybridized carbons (Fsp3) is 0.400. The number of hydrogen-bond donors (Lipinski definition) is 1. The third kappa shape index (κ3) is 3.83. The van der Waals surface area contributed by atoms with Crippen LogP contribution in [0.5, 0.6) is 0 Å². The van der Waals surface area contributed by atoms with Gasteiger partial charge in [-0.05, 0) is 57.4 Å². The first-order valence-corrected chi connectivity index (χ1v) is 11.4. The number of nitrogens with zero attached hydrogens (tertiary/aromatic N) is 2. The van der Waals surface area contributed by atoms with Crippen LogP contribution in [-0.4, -0.2) is 31.2 Å². The minimum Gasteiger partial charge on any atom is -0.312 e. The topological polar surface area (TPSA) is 90.3 Å². The second-order valence-electron chi connectivity index (χ2n) is 7.04. The van der Waals surface area contributed by atoms with E-state index < -0.39 is 15.9 Å². The molecule has 0 aliphatic carbocycles. The average molecular weight is 418 g/mol. The van der Waals surface area contributed by atoms with E-state index in [1.807, 2.05) is 20.8 Å². The first kappa shape index (κ1) is 20.5. The predicted molar refractivity (Wildman–Crippen MR) is 110 cm³/mol. The van der Waals surface area contributed by atoms with Crippen LogP contribution in [0, 0.1) is 25.2 Å². The van der Waals surface area contributed by atoms with E-state index in [0.29, 0.717) is 17.1 Å². The smallest absolute Gasteiger partial charge is 0.256 e. The van der Waals surface area contributed by atoms with Gasteiger partial charge < -0.3 is 5.32 Å². The van der Waals surface area contributed by atoms with Gasteiger partial charge in [-0.3, -0.25) is 4.79 Å². The van der Waals surface area contributed by atoms with Gasteiger partial charge in [-0.25, -0.2) is 8.42 Å². The lowest BCUT2D eigenvalue weighted by Gasteiger charge is -2.32. The number of thiophene rings is 1. The predicted octanol–water partition coefficient (Wildman–Crippen LogP) is 4.05. The van der Waals surface area contributed by atoms with Gasteiger partial charge in [-0.1, -0.05) is 12.5 Å². The van der Waals surface area contributed by atoms with Gasteiger partial charge in [0.1, 0.15) is 11.1 Å². The van der Waals surface area contributed by atoms with Crippen LogP contribution in [0.3, 0.4) is 0 Å². The molecule has 0 bridgehead atoms. The zero-order valence-electron chi connectivity index (χ0n) is 16.2. The minimum absolute atomic E-state index is 0.0495. The normalized spacial score (nSPS) is 17.9. The Balaban J connectivity index is 1.88. The Bertz CT molecular complexity index is 1050. The molecular formula is C20H23N3O3S2. The number of anilines is 1. The van der Waals surface area contributed by atoms with Crippen molar-refractivity contribution in [3.05, 3.63) is 45.8 Å². The molecule has 1 N–H and O–H groups in total. The van der Waals surface area contributed by atoms with Crippen LogP contribution in [0.15, 0.2) is 29.2 Å². The van der Waals surface area contributed by atoms with E-state index in [4.69, 9.17) is 0 Å². The number of aryl methyl sites for hydroxylation is 1. The highest BCUT2D eigenvalue weighted by atomic mass is 32.2. The van der Waals surface area contributed by atoms with E-state index >= 15 is 0 Å². The zero-order chi connectivity index (χ0) is 20.5. The van der Waals surface area contributed by atoms with E-state index in [0.717, 1.165) is 29.7 Å². The monoisotopic (exact) mass is 417 g/mol. The lowest BCUT2D eigenvalue weighted by Crippen LogP contribution is -2.41. The third-order valence-corrected chi connectivity index (χ3v) is 8.30. The summed E-state index contributed by atoms with van der Waals surface area (Å²) in [7, 11) is -3.65. The number of piperidine rings is 1. The van der Waals surface area contributed by atoms with Crippen LogP contribution in [-0.2, 0) is 10.0 Å². The van der Waals surface area contributed by atoms with Crippen molar-refractivity contribution in [2.45, 2.75) is 51.0 Å². The number of sulfonamides is 1. The van der Waals surface area contributed by atoms with Gasteiger partial charge >= 0.3 is 0 Å². The van der Waals surface area contributed by atoms with Crippen molar-refractivity contribution in [2.75, 3.05) is 11.9 Å². The van der Waals surface area contributed by atoms with Gasteiger partial charge in [0.05, 0.1) is 10.5 Å². The minimum atomic E-state index is -3.65. The Labute approximate surface area is 169 Å². The molecule has 28 heavy (non-hydrogen) atoms. The highest BCUT2D eigenvalue weighted by Crippen LogP contribution is 2.32. The first-order valence-electron chi connectivity index (χ1n) is 9.19. The van der Waals surface area contributed by atoms with E-state index in [1.165, 1.54) is 27.8 Å². The summed E-state index contributed by atoms with van der Waals surface area (Å²) in [5.74, 6) is -0.429. The van der Waals surface area contributed by atoms with Crippen molar-refractivity contribution in [2.24, 2.45) is 0 Å². The summed E-state index contributed by atoms with van der Waals surface area (Å²) in [6.07, 6.45) is 2.71. The van der Waals surface area contributed by atoms with Crippen LogP contribution in [0.1, 0.15) is 52.5 Å². The molecule has 1 aliphatic rings. The lowest BCUT2D eigenvalue weighted by molar-refractivity contribution is 0.102. The molecule has 6 nitrogen and oxygen atoms in total. The number of nitriles is 1. The van der Waals surface area contributed by atoms with Crippen molar-refractivity contribution < 1.29 is 13.2 Å². The maximum atomic E-state index is 13.0. The molecule has 2 aromatic rings. The number of carbonyl (C=O) groups excluding carboxylic acids is 1. The van der Waals surface area contributed by atoms with Crippen molar-refractivity contribution in [1.29, 1.82) is 5.26 Å². The molecule has 0 spiro atoms. The summed E-state index contributed by atoms with van der Waals surface area (Å²) in [6, 6.07) is 8.15. The molecule has 0 radical (unpaired) electrons. The van der Waals surface area contributed by atoms with Crippen molar-refractivity contribution in [3.8, 4) is 6.07 Å². The Kier molecular flexibility index (Phi) is 5.89. The number of nitrogens with one attached hydrogen (secondary N) is 1. The van der Waals surface area contributed by atoms with E-state index in [1.54, 1.807) is 12.1 Å². The highest BCUT2D eigenvalue weighted by Gasteiger charge is 2.31. The largest absolute Gasteiger partial charge is 0.312 e. The Hall–Kier alpha value is -2.21. The molecule has 1 aliphatic heterocycles. The second-order valence-corrected chi connectivity index (χ2v) is 10.2. The van der Waals surface area contributed by atoms with Crippen LogP contribution >= 0.6 is 11.3 Å². The lowest BCUT2D eigenvalue weighted by atomic mass is 10.1. The quantitative estimate of drug-likeness (QED) is 0.812. The summed E-state index contributed by atoms with van der Waals surface area (Å²) in [4.78, 5) is 13.8. The summed E-state index contributed by atoms with van der Waals surface area (Å²) in [5.41, 5.74) is 1.54. The molecule has 8 heteroatoms. The van der Waals surface area contributed by atoms with Gasteiger partial charge in [-0.15, -0.1) is 11.3 Å². The van der Waals surface area contributed by atoms with Crippen molar-refractivity contribution >= 4 is 32.3 Å². The summed E-state index contributed by atoms with van der Waals surface area (Å²) in [5, 5.41) is 12.6. The number of benzene rings is 1. The number of hydrogen-bond acceptors (Lipinski definition) is 5. The maximum Gasteiger partial charge on any atom is 0.256 e. The standard InChI is InChI=1S/C20H23N3O3S2/c1-13-7-4-5-10-23(13)28(25,26)17-9-6-8-16(11-17)19(24)22-20-18(12-21)14(2)15(3)27-20/h6,8-9,11,13H,4-5,7,10H2,1-3H3,(H,22,24). The average Bonchev–Trinajstić information content (AvgIpc) is 2.94. The van der Waals surface area contributed by atoms with Crippen LogP contribution in [0.4, 0.5) is 5.00 Å². The molecule has 0 saturated carbocycles. The van der Waals surface area contributed by atoms with Gasteiger partial charge in [0.25, 0.3) is 5.91 Å². The Morgan fingerprint density at radius 2 is 2.07 bits per heavy atom. The molecule has 1 atom stereocenters. The molecule has 1 aromatic carbocycles. The molecule has 3 rings (SSSR count). The summed E-state index contributed by atoms with van der Waals surface area (Å²) >= 11 is 1.34. The van der Waals surface area contributed by atoms with Gasteiger partial charge in [-0.2, -0.15) is 9.57 Å². The second kappa shape index (κ2) is 8.03. The summed E-state index contributed by atoms with van der Waals surface area (Å²) in [6.45, 7) is 6.15. The molecular weight excluding hydrogens is 394 g/mol. The van der Waals surface area contributed by atoms with Crippen molar-refractivity contribution in [3.63, 3.8) is 0 Å². The first-order chi connectivity index (χ1) is 13.3. The van der Waals surface area contributed by atoms with Crippen molar-refractivity contribution in [1.82, 2.24) is 4.31 Å². The molecule has 1 unspecified atom stereocenters. The molecule has 148 valence electrons. The van der Waals surface area contributed by atoms with Crippen LogP contribution in [0.2, 0.25) is 0 Å². The fourth-order valence-electron chi connectivity index (χ4n) is 3.39.